The highest BCUT2D eigenvalue weighted by Gasteiger charge is 2.27. The van der Waals surface area contributed by atoms with Crippen LogP contribution in [-0.2, 0) is 10.0 Å². The van der Waals surface area contributed by atoms with E-state index in [2.05, 4.69) is 9.71 Å². The van der Waals surface area contributed by atoms with Crippen LogP contribution >= 0.6 is 11.3 Å². The van der Waals surface area contributed by atoms with E-state index in [0.29, 0.717) is 5.01 Å². The van der Waals surface area contributed by atoms with Crippen molar-refractivity contribution in [3.63, 3.8) is 0 Å². The van der Waals surface area contributed by atoms with Gasteiger partial charge in [-0.1, -0.05) is 0 Å². The van der Waals surface area contributed by atoms with Crippen molar-refractivity contribution in [2.75, 3.05) is 5.73 Å². The fraction of sp³-hybridized carbons (Fsp3) is 0.250. The molecule has 1 aromatic carbocycles. The monoisotopic (exact) mass is 333 g/mol. The Morgan fingerprint density at radius 2 is 1.90 bits per heavy atom. The maximum Gasteiger partial charge on any atom is 0.247 e. The van der Waals surface area contributed by atoms with E-state index in [0.717, 1.165) is 17.0 Å². The van der Waals surface area contributed by atoms with Gasteiger partial charge in [0.25, 0.3) is 0 Å². The number of halogens is 2. The van der Waals surface area contributed by atoms with Crippen molar-refractivity contribution >= 4 is 27.0 Å². The van der Waals surface area contributed by atoms with E-state index in [9.17, 15) is 17.2 Å². The van der Waals surface area contributed by atoms with E-state index in [1.807, 2.05) is 6.92 Å². The Balaban J connectivity index is 2.35. The normalized spacial score (nSPS) is 13.3. The van der Waals surface area contributed by atoms with E-state index in [1.165, 1.54) is 11.3 Å². The summed E-state index contributed by atoms with van der Waals surface area (Å²) in [5.74, 6) is -2.47. The first-order valence-electron chi connectivity index (χ1n) is 5.90. The summed E-state index contributed by atoms with van der Waals surface area (Å²) in [5.41, 5.74) is 5.08. The highest BCUT2D eigenvalue weighted by molar-refractivity contribution is 7.89. The van der Waals surface area contributed by atoms with Gasteiger partial charge in [0.05, 0.1) is 6.04 Å². The summed E-state index contributed by atoms with van der Waals surface area (Å²) in [4.78, 5) is 3.90. The number of sulfonamides is 1. The zero-order chi connectivity index (χ0) is 15.8. The molecule has 0 radical (unpaired) electrons. The van der Waals surface area contributed by atoms with Crippen LogP contribution in [0.3, 0.4) is 0 Å². The summed E-state index contributed by atoms with van der Waals surface area (Å²) in [6.07, 6.45) is 1.59. The van der Waals surface area contributed by atoms with Gasteiger partial charge in [0.15, 0.2) is 4.90 Å². The molecule has 5 nitrogen and oxygen atoms in total. The fourth-order valence-corrected chi connectivity index (χ4v) is 3.93. The van der Waals surface area contributed by atoms with E-state index in [4.69, 9.17) is 5.73 Å². The number of hydrogen-bond donors (Lipinski definition) is 2. The molecule has 0 fully saturated rings. The molecule has 2 aromatic rings. The number of rotatable bonds is 4. The number of nitrogens with one attached hydrogen (secondary N) is 1. The highest BCUT2D eigenvalue weighted by atomic mass is 32.2. The molecular weight excluding hydrogens is 320 g/mol. The summed E-state index contributed by atoms with van der Waals surface area (Å²) in [6, 6.07) is 0.816. The second kappa shape index (κ2) is 5.66. The quantitative estimate of drug-likeness (QED) is 0.841. The second-order valence-corrected chi connectivity index (χ2v) is 7.38. The molecule has 0 aliphatic heterocycles. The fourth-order valence-electron chi connectivity index (χ4n) is 1.75. The average molecular weight is 333 g/mol. The minimum absolute atomic E-state index is 0.187. The number of thiazole rings is 1. The number of nitrogen functional groups attached to an aromatic ring is 1. The van der Waals surface area contributed by atoms with Crippen LogP contribution in [0.2, 0.25) is 0 Å². The van der Waals surface area contributed by atoms with Gasteiger partial charge in [0, 0.05) is 16.8 Å². The van der Waals surface area contributed by atoms with Gasteiger partial charge in [0.2, 0.25) is 10.0 Å². The van der Waals surface area contributed by atoms with Gasteiger partial charge >= 0.3 is 0 Å². The summed E-state index contributed by atoms with van der Waals surface area (Å²) < 4.78 is 53.9. The van der Waals surface area contributed by atoms with Crippen molar-refractivity contribution in [3.05, 3.63) is 39.8 Å². The maximum atomic E-state index is 13.7. The summed E-state index contributed by atoms with van der Waals surface area (Å²) in [6.45, 7) is 3.37. The Bertz CT molecular complexity index is 752. The zero-order valence-electron chi connectivity index (χ0n) is 11.2. The second-order valence-electron chi connectivity index (χ2n) is 4.47. The van der Waals surface area contributed by atoms with E-state index >= 15 is 0 Å². The summed E-state index contributed by atoms with van der Waals surface area (Å²) in [7, 11) is -4.37. The van der Waals surface area contributed by atoms with E-state index < -0.39 is 32.6 Å². The molecule has 0 spiro atoms. The first-order valence-corrected chi connectivity index (χ1v) is 8.20. The standard InChI is InChI=1S/C12H13F2N3O2S2/c1-6-5-16-12(20-6)7(2)17-21(18,19)11-9(13)3-8(15)4-10(11)14/h3-5,7,17H,15H2,1-2H3. The van der Waals surface area contributed by atoms with Crippen LogP contribution in [0.25, 0.3) is 0 Å². The lowest BCUT2D eigenvalue weighted by Crippen LogP contribution is -2.28. The van der Waals surface area contributed by atoms with Crippen molar-refractivity contribution in [1.29, 1.82) is 0 Å². The predicted molar refractivity (Wildman–Crippen MR) is 76.4 cm³/mol. The molecule has 0 aliphatic rings. The lowest BCUT2D eigenvalue weighted by Gasteiger charge is -2.13. The number of aromatic nitrogens is 1. The third-order valence-corrected chi connectivity index (χ3v) is 5.32. The topological polar surface area (TPSA) is 85.1 Å². The SMILES string of the molecule is Cc1cnc(C(C)NS(=O)(=O)c2c(F)cc(N)cc2F)s1. The number of aryl methyl sites for hydroxylation is 1. The molecule has 21 heavy (non-hydrogen) atoms. The van der Waals surface area contributed by atoms with E-state index in [1.54, 1.807) is 13.1 Å². The Labute approximate surface area is 124 Å². The molecule has 1 aromatic heterocycles. The minimum Gasteiger partial charge on any atom is -0.399 e. The van der Waals surface area contributed by atoms with Crippen LogP contribution in [0.4, 0.5) is 14.5 Å². The van der Waals surface area contributed by atoms with Gasteiger partial charge in [-0.25, -0.2) is 26.9 Å². The average Bonchev–Trinajstić information content (AvgIpc) is 2.73. The lowest BCUT2D eigenvalue weighted by molar-refractivity contribution is 0.510. The highest BCUT2D eigenvalue weighted by Crippen LogP contribution is 2.25. The molecule has 3 N–H and O–H groups in total. The van der Waals surface area contributed by atoms with Gasteiger partial charge in [-0.15, -0.1) is 11.3 Å². The summed E-state index contributed by atoms with van der Waals surface area (Å²) in [5, 5.41) is 0.507. The van der Waals surface area contributed by atoms with Gasteiger partial charge in [-0.05, 0) is 26.0 Å². The van der Waals surface area contributed by atoms with Crippen molar-refractivity contribution in [1.82, 2.24) is 9.71 Å². The first-order chi connectivity index (χ1) is 9.70. The molecule has 9 heteroatoms. The van der Waals surface area contributed by atoms with Crippen LogP contribution in [0.15, 0.2) is 23.2 Å². The molecule has 1 atom stereocenters. The molecule has 0 saturated carbocycles. The van der Waals surface area contributed by atoms with Crippen molar-refractivity contribution in [3.8, 4) is 0 Å². The third kappa shape index (κ3) is 3.36. The van der Waals surface area contributed by atoms with Gasteiger partial charge < -0.3 is 5.73 Å². The van der Waals surface area contributed by atoms with Gasteiger partial charge in [-0.3, -0.25) is 0 Å². The lowest BCUT2D eigenvalue weighted by atomic mass is 10.3. The van der Waals surface area contributed by atoms with Gasteiger partial charge in [-0.2, -0.15) is 0 Å². The van der Waals surface area contributed by atoms with Crippen LogP contribution in [0, 0.1) is 18.6 Å². The Kier molecular flexibility index (Phi) is 4.26. The van der Waals surface area contributed by atoms with Crippen LogP contribution in [-0.4, -0.2) is 13.4 Å². The zero-order valence-corrected chi connectivity index (χ0v) is 12.9. The van der Waals surface area contributed by atoms with Crippen molar-refractivity contribution in [2.24, 2.45) is 0 Å². The van der Waals surface area contributed by atoms with Crippen LogP contribution in [0.1, 0.15) is 22.9 Å². The largest absolute Gasteiger partial charge is 0.399 e. The Morgan fingerprint density at radius 3 is 2.38 bits per heavy atom. The Morgan fingerprint density at radius 1 is 1.33 bits per heavy atom. The predicted octanol–water partition coefficient (Wildman–Crippen LogP) is 2.35. The molecule has 0 bridgehead atoms. The first kappa shape index (κ1) is 15.8. The number of nitrogens with two attached hydrogens (primary N) is 1. The van der Waals surface area contributed by atoms with Crippen molar-refractivity contribution < 1.29 is 17.2 Å². The third-order valence-electron chi connectivity index (χ3n) is 2.63. The number of benzene rings is 1. The van der Waals surface area contributed by atoms with Gasteiger partial charge in [0.1, 0.15) is 16.6 Å². The Hall–Kier alpha value is -1.58. The molecule has 1 unspecified atom stereocenters. The number of anilines is 1. The molecule has 1 heterocycles. The molecule has 0 saturated heterocycles. The molecule has 0 aliphatic carbocycles. The molecule has 114 valence electrons. The molecular formula is C12H13F2N3O2S2. The van der Waals surface area contributed by atoms with Crippen molar-refractivity contribution in [2.45, 2.75) is 24.8 Å². The summed E-state index contributed by atoms with van der Waals surface area (Å²) >= 11 is 1.30. The molecule has 2 rings (SSSR count). The maximum absolute atomic E-state index is 13.7. The number of hydrogen-bond acceptors (Lipinski definition) is 5. The number of nitrogens with zero attached hydrogens (tertiary/aromatic N) is 1. The van der Waals surface area contributed by atoms with E-state index in [-0.39, 0.29) is 5.69 Å². The smallest absolute Gasteiger partial charge is 0.247 e. The minimum atomic E-state index is -4.37. The molecule has 0 amide bonds. The van der Waals surface area contributed by atoms with Crippen LogP contribution < -0.4 is 10.5 Å². The van der Waals surface area contributed by atoms with Crippen LogP contribution in [0.5, 0.6) is 0 Å².